The molecule has 26 heavy (non-hydrogen) atoms. The molecular formula is C20H18N2O3S. The summed E-state index contributed by atoms with van der Waals surface area (Å²) in [5.41, 5.74) is 2.57. The van der Waals surface area contributed by atoms with Gasteiger partial charge in [0.25, 0.3) is 0 Å². The number of thiazole rings is 1. The van der Waals surface area contributed by atoms with E-state index in [0.717, 1.165) is 28.3 Å². The molecule has 0 radical (unpaired) electrons. The third-order valence-corrected chi connectivity index (χ3v) is 4.42. The highest BCUT2D eigenvalue weighted by Gasteiger charge is 2.10. The molecule has 6 heteroatoms. The van der Waals surface area contributed by atoms with Crippen molar-refractivity contribution in [2.24, 2.45) is 0 Å². The van der Waals surface area contributed by atoms with E-state index in [0.29, 0.717) is 5.13 Å². The van der Waals surface area contributed by atoms with Crippen LogP contribution in [0.1, 0.15) is 5.56 Å². The Labute approximate surface area is 155 Å². The van der Waals surface area contributed by atoms with Gasteiger partial charge in [-0.15, -0.1) is 11.3 Å². The minimum absolute atomic E-state index is 0.234. The van der Waals surface area contributed by atoms with Crippen molar-refractivity contribution in [1.29, 1.82) is 0 Å². The molecule has 0 aliphatic rings. The van der Waals surface area contributed by atoms with E-state index in [9.17, 15) is 4.79 Å². The SMILES string of the molecule is COc1ccc(/C=C/C(=O)Nc2nc(-c3ccccc3OC)cs2)cc1. The number of methoxy groups -OCH3 is 2. The van der Waals surface area contributed by atoms with E-state index < -0.39 is 0 Å². The number of rotatable bonds is 6. The first kappa shape index (κ1) is 17.7. The van der Waals surface area contributed by atoms with Crippen LogP contribution in [-0.2, 0) is 4.79 Å². The normalized spacial score (nSPS) is 10.7. The summed E-state index contributed by atoms with van der Waals surface area (Å²) in [6.07, 6.45) is 3.22. The fraction of sp³-hybridized carbons (Fsp3) is 0.100. The Balaban J connectivity index is 1.66. The maximum Gasteiger partial charge on any atom is 0.250 e. The first-order valence-electron chi connectivity index (χ1n) is 7.91. The lowest BCUT2D eigenvalue weighted by molar-refractivity contribution is -0.111. The molecule has 1 amide bonds. The number of amides is 1. The number of nitrogens with zero attached hydrogens (tertiary/aromatic N) is 1. The van der Waals surface area contributed by atoms with Crippen molar-refractivity contribution in [2.45, 2.75) is 0 Å². The Bertz CT molecular complexity index is 917. The predicted octanol–water partition coefficient (Wildman–Crippen LogP) is 4.48. The van der Waals surface area contributed by atoms with E-state index in [1.54, 1.807) is 20.3 Å². The van der Waals surface area contributed by atoms with E-state index in [2.05, 4.69) is 10.3 Å². The Morgan fingerprint density at radius 2 is 1.85 bits per heavy atom. The highest BCUT2D eigenvalue weighted by Crippen LogP contribution is 2.31. The number of nitrogens with one attached hydrogen (secondary N) is 1. The predicted molar refractivity (Wildman–Crippen MR) is 105 cm³/mol. The fourth-order valence-corrected chi connectivity index (χ4v) is 3.06. The van der Waals surface area contributed by atoms with Crippen LogP contribution in [0.5, 0.6) is 11.5 Å². The summed E-state index contributed by atoms with van der Waals surface area (Å²) in [6.45, 7) is 0. The Morgan fingerprint density at radius 1 is 1.08 bits per heavy atom. The third kappa shape index (κ3) is 4.29. The van der Waals surface area contributed by atoms with Gasteiger partial charge in [0.05, 0.1) is 19.9 Å². The smallest absolute Gasteiger partial charge is 0.250 e. The maximum atomic E-state index is 12.1. The van der Waals surface area contributed by atoms with Crippen LogP contribution in [0.25, 0.3) is 17.3 Å². The van der Waals surface area contributed by atoms with Crippen LogP contribution in [-0.4, -0.2) is 25.1 Å². The summed E-state index contributed by atoms with van der Waals surface area (Å²) in [5.74, 6) is 1.29. The summed E-state index contributed by atoms with van der Waals surface area (Å²) >= 11 is 1.37. The van der Waals surface area contributed by atoms with E-state index in [-0.39, 0.29) is 5.91 Å². The van der Waals surface area contributed by atoms with Crippen LogP contribution in [0.15, 0.2) is 60.0 Å². The third-order valence-electron chi connectivity index (χ3n) is 3.66. The first-order chi connectivity index (χ1) is 12.7. The topological polar surface area (TPSA) is 60.5 Å². The molecule has 0 aliphatic heterocycles. The lowest BCUT2D eigenvalue weighted by Gasteiger charge is -2.04. The largest absolute Gasteiger partial charge is 0.497 e. The van der Waals surface area contributed by atoms with Gasteiger partial charge >= 0.3 is 0 Å². The highest BCUT2D eigenvalue weighted by atomic mass is 32.1. The van der Waals surface area contributed by atoms with Crippen molar-refractivity contribution in [2.75, 3.05) is 19.5 Å². The molecule has 0 spiro atoms. The maximum absolute atomic E-state index is 12.1. The molecule has 0 aliphatic carbocycles. The minimum atomic E-state index is -0.234. The van der Waals surface area contributed by atoms with Crippen LogP contribution in [0.4, 0.5) is 5.13 Å². The summed E-state index contributed by atoms with van der Waals surface area (Å²) in [6, 6.07) is 15.1. The Kier molecular flexibility index (Phi) is 5.66. The molecule has 0 fully saturated rings. The number of hydrogen-bond donors (Lipinski definition) is 1. The molecule has 1 heterocycles. The summed E-state index contributed by atoms with van der Waals surface area (Å²) < 4.78 is 10.5. The van der Waals surface area contributed by atoms with E-state index >= 15 is 0 Å². The molecule has 0 bridgehead atoms. The van der Waals surface area contributed by atoms with Crippen LogP contribution >= 0.6 is 11.3 Å². The van der Waals surface area contributed by atoms with Crippen LogP contribution in [0.3, 0.4) is 0 Å². The molecule has 1 aromatic heterocycles. The van der Waals surface area contributed by atoms with Gasteiger partial charge in [0.1, 0.15) is 11.5 Å². The minimum Gasteiger partial charge on any atom is -0.497 e. The van der Waals surface area contributed by atoms with Crippen molar-refractivity contribution < 1.29 is 14.3 Å². The molecule has 132 valence electrons. The van der Waals surface area contributed by atoms with Gasteiger partial charge < -0.3 is 9.47 Å². The molecule has 2 aromatic carbocycles. The van der Waals surface area contributed by atoms with E-state index in [1.165, 1.54) is 17.4 Å². The summed E-state index contributed by atoms with van der Waals surface area (Å²) in [5, 5.41) is 5.21. The lowest BCUT2D eigenvalue weighted by atomic mass is 10.1. The van der Waals surface area contributed by atoms with Crippen molar-refractivity contribution in [3.8, 4) is 22.8 Å². The van der Waals surface area contributed by atoms with Crippen LogP contribution < -0.4 is 14.8 Å². The second-order valence-corrected chi connectivity index (χ2v) is 6.19. The van der Waals surface area contributed by atoms with Gasteiger partial charge in [0.2, 0.25) is 5.91 Å². The number of para-hydroxylation sites is 1. The van der Waals surface area contributed by atoms with E-state index in [4.69, 9.17) is 9.47 Å². The molecule has 0 atom stereocenters. The number of benzene rings is 2. The van der Waals surface area contributed by atoms with Crippen LogP contribution in [0.2, 0.25) is 0 Å². The number of aromatic nitrogens is 1. The van der Waals surface area contributed by atoms with Crippen molar-refractivity contribution in [3.05, 3.63) is 65.6 Å². The van der Waals surface area contributed by atoms with Gasteiger partial charge in [-0.2, -0.15) is 0 Å². The van der Waals surface area contributed by atoms with E-state index in [1.807, 2.05) is 53.9 Å². The number of hydrogen-bond acceptors (Lipinski definition) is 5. The lowest BCUT2D eigenvalue weighted by Crippen LogP contribution is -2.07. The number of ether oxygens (including phenoxy) is 2. The van der Waals surface area contributed by atoms with Gasteiger partial charge in [-0.05, 0) is 35.9 Å². The molecule has 0 saturated heterocycles. The van der Waals surface area contributed by atoms with Crippen molar-refractivity contribution in [1.82, 2.24) is 4.98 Å². The standard InChI is InChI=1S/C20H18N2O3S/c1-24-15-10-7-14(8-11-15)9-12-19(23)22-20-21-17(13-26-20)16-5-3-4-6-18(16)25-2/h3-13H,1-2H3,(H,21,22,23)/b12-9+. The number of carbonyl (C=O) groups is 1. The fourth-order valence-electron chi connectivity index (χ4n) is 2.35. The number of anilines is 1. The quantitative estimate of drug-likeness (QED) is 0.654. The monoisotopic (exact) mass is 366 g/mol. The first-order valence-corrected chi connectivity index (χ1v) is 8.79. The van der Waals surface area contributed by atoms with Gasteiger partial charge in [-0.1, -0.05) is 24.3 Å². The molecular weight excluding hydrogens is 348 g/mol. The molecule has 3 rings (SSSR count). The van der Waals surface area contributed by atoms with Gasteiger partial charge in [0, 0.05) is 17.0 Å². The number of carbonyl (C=O) groups excluding carboxylic acids is 1. The molecule has 5 nitrogen and oxygen atoms in total. The van der Waals surface area contributed by atoms with Gasteiger partial charge in [-0.25, -0.2) is 4.98 Å². The zero-order valence-electron chi connectivity index (χ0n) is 14.4. The summed E-state index contributed by atoms with van der Waals surface area (Å²) in [7, 11) is 3.24. The van der Waals surface area contributed by atoms with Crippen molar-refractivity contribution in [3.63, 3.8) is 0 Å². The average Bonchev–Trinajstić information content (AvgIpc) is 3.15. The average molecular weight is 366 g/mol. The summed E-state index contributed by atoms with van der Waals surface area (Å²) in [4.78, 5) is 16.6. The molecule has 0 unspecified atom stereocenters. The molecule has 3 aromatic rings. The second kappa shape index (κ2) is 8.31. The second-order valence-electron chi connectivity index (χ2n) is 5.33. The van der Waals surface area contributed by atoms with Gasteiger partial charge in [-0.3, -0.25) is 10.1 Å². The highest BCUT2D eigenvalue weighted by molar-refractivity contribution is 7.14. The Morgan fingerprint density at radius 3 is 2.58 bits per heavy atom. The molecule has 0 saturated carbocycles. The van der Waals surface area contributed by atoms with Crippen molar-refractivity contribution >= 4 is 28.5 Å². The van der Waals surface area contributed by atoms with Gasteiger partial charge in [0.15, 0.2) is 5.13 Å². The zero-order valence-corrected chi connectivity index (χ0v) is 15.2. The Hall–Kier alpha value is -3.12. The zero-order chi connectivity index (χ0) is 18.4. The van der Waals surface area contributed by atoms with Crippen LogP contribution in [0, 0.1) is 0 Å². The molecule has 1 N–H and O–H groups in total.